The van der Waals surface area contributed by atoms with Gasteiger partial charge in [-0.05, 0) is 98.2 Å². The number of fused-ring (bicyclic) bond motifs is 1. The van der Waals surface area contributed by atoms with E-state index >= 15 is 0 Å². The van der Waals surface area contributed by atoms with E-state index in [0.29, 0.717) is 5.56 Å². The summed E-state index contributed by atoms with van der Waals surface area (Å²) in [6, 6.07) is 9.61. The van der Waals surface area contributed by atoms with Gasteiger partial charge in [0.2, 0.25) is 0 Å². The summed E-state index contributed by atoms with van der Waals surface area (Å²) in [5.74, 6) is -0.230. The molecule has 0 saturated heterocycles. The Bertz CT molecular complexity index is 928. The minimum atomic E-state index is -0.230. The number of nitrogens with zero attached hydrogens (tertiary/aromatic N) is 2. The molecule has 1 heterocycles. The molecule has 3 rings (SSSR count). The van der Waals surface area contributed by atoms with Crippen LogP contribution >= 0.6 is 22.6 Å². The highest BCUT2D eigenvalue weighted by Crippen LogP contribution is 2.40. The molecule has 0 N–H and O–H groups in total. The first-order valence-corrected chi connectivity index (χ1v) is 10.4. The molecule has 0 radical (unpaired) electrons. The molecule has 1 aliphatic heterocycles. The van der Waals surface area contributed by atoms with Crippen LogP contribution in [0.2, 0.25) is 0 Å². The second-order valence-corrected chi connectivity index (χ2v) is 8.88. The van der Waals surface area contributed by atoms with Crippen LogP contribution in [-0.4, -0.2) is 18.3 Å². The highest BCUT2D eigenvalue weighted by molar-refractivity contribution is 14.1. The van der Waals surface area contributed by atoms with Crippen LogP contribution in [0.15, 0.2) is 41.4 Å². The van der Waals surface area contributed by atoms with Crippen molar-refractivity contribution < 1.29 is 4.39 Å². The molecule has 27 heavy (non-hydrogen) atoms. The van der Waals surface area contributed by atoms with Crippen molar-refractivity contribution in [3.05, 3.63) is 62.5 Å². The maximum Gasteiger partial charge on any atom is 0.134 e. The number of hydrogen-bond acceptors (Lipinski definition) is 2. The molecule has 2 nitrogen and oxygen atoms in total. The molecule has 4 heteroatoms. The summed E-state index contributed by atoms with van der Waals surface area (Å²) in [7, 11) is 0. The topological polar surface area (TPSA) is 15.6 Å². The number of anilines is 1. The molecule has 0 aromatic heterocycles. The highest BCUT2D eigenvalue weighted by Gasteiger charge is 2.31. The Labute approximate surface area is 175 Å². The molecule has 2 aromatic rings. The van der Waals surface area contributed by atoms with Gasteiger partial charge in [0, 0.05) is 33.1 Å². The summed E-state index contributed by atoms with van der Waals surface area (Å²) < 4.78 is 16.1. The Morgan fingerprint density at radius 1 is 1.19 bits per heavy atom. The van der Waals surface area contributed by atoms with Crippen LogP contribution < -0.4 is 4.90 Å². The zero-order valence-corrected chi connectivity index (χ0v) is 18.8. The van der Waals surface area contributed by atoms with Crippen LogP contribution in [0.4, 0.5) is 15.8 Å². The van der Waals surface area contributed by atoms with E-state index < -0.39 is 0 Å². The second kappa shape index (κ2) is 7.74. The Morgan fingerprint density at radius 2 is 1.93 bits per heavy atom. The Balaban J connectivity index is 2.02. The lowest BCUT2D eigenvalue weighted by molar-refractivity contribution is 0.546. The van der Waals surface area contributed by atoms with Gasteiger partial charge in [0.1, 0.15) is 5.82 Å². The maximum absolute atomic E-state index is 14.9. The number of benzene rings is 2. The van der Waals surface area contributed by atoms with Gasteiger partial charge in [0.15, 0.2) is 0 Å². The van der Waals surface area contributed by atoms with Crippen LogP contribution in [-0.2, 0) is 0 Å². The molecule has 2 aromatic carbocycles. The molecule has 0 spiro atoms. The molecule has 1 aliphatic rings. The molecule has 0 atom stereocenters. The van der Waals surface area contributed by atoms with Gasteiger partial charge in [0.05, 0.1) is 11.2 Å². The fourth-order valence-corrected chi connectivity index (χ4v) is 4.03. The first kappa shape index (κ1) is 20.1. The number of hydrogen-bond donors (Lipinski definition) is 0. The molecule has 142 valence electrons. The summed E-state index contributed by atoms with van der Waals surface area (Å²) in [5.41, 5.74) is 5.66. The van der Waals surface area contributed by atoms with Crippen molar-refractivity contribution in [3.8, 4) is 0 Å². The minimum absolute atomic E-state index is 0.117. The van der Waals surface area contributed by atoms with Crippen molar-refractivity contribution in [1.82, 2.24) is 0 Å². The van der Waals surface area contributed by atoms with Gasteiger partial charge in [0.25, 0.3) is 0 Å². The smallest absolute Gasteiger partial charge is 0.134 e. The quantitative estimate of drug-likeness (QED) is 0.346. The summed E-state index contributed by atoms with van der Waals surface area (Å²) in [6.07, 6.45) is 4.92. The third-order valence-corrected chi connectivity index (χ3v) is 6.25. The minimum Gasteiger partial charge on any atom is -0.362 e. The lowest BCUT2D eigenvalue weighted by Crippen LogP contribution is -2.45. The molecule has 0 amide bonds. The summed E-state index contributed by atoms with van der Waals surface area (Å²) in [5, 5.41) is 0. The van der Waals surface area contributed by atoms with Gasteiger partial charge in [-0.15, -0.1) is 0 Å². The van der Waals surface area contributed by atoms with E-state index in [1.807, 2.05) is 24.3 Å². The van der Waals surface area contributed by atoms with E-state index in [4.69, 9.17) is 0 Å². The van der Waals surface area contributed by atoms with Gasteiger partial charge in [-0.1, -0.05) is 13.0 Å². The van der Waals surface area contributed by atoms with E-state index in [-0.39, 0.29) is 11.4 Å². The fraction of sp³-hybridized carbons (Fsp3) is 0.348. The number of rotatable bonds is 4. The van der Waals surface area contributed by atoms with E-state index in [2.05, 4.69) is 73.2 Å². The number of halogens is 2. The normalized spacial score (nSPS) is 15.8. The van der Waals surface area contributed by atoms with Gasteiger partial charge in [-0.3, -0.25) is 4.99 Å². The van der Waals surface area contributed by atoms with Gasteiger partial charge in [-0.2, -0.15) is 0 Å². The van der Waals surface area contributed by atoms with E-state index in [0.717, 1.165) is 29.9 Å². The van der Waals surface area contributed by atoms with Gasteiger partial charge >= 0.3 is 0 Å². The average molecular weight is 476 g/mol. The Kier molecular flexibility index (Phi) is 5.75. The molecule has 0 aliphatic carbocycles. The van der Waals surface area contributed by atoms with Crippen molar-refractivity contribution >= 4 is 45.8 Å². The van der Waals surface area contributed by atoms with E-state index in [9.17, 15) is 4.39 Å². The summed E-state index contributed by atoms with van der Waals surface area (Å²) >= 11 is 2.30. The van der Waals surface area contributed by atoms with Crippen molar-refractivity contribution in [3.63, 3.8) is 0 Å². The van der Waals surface area contributed by atoms with Crippen LogP contribution in [0.1, 0.15) is 50.8 Å². The monoisotopic (exact) mass is 476 g/mol. The fourth-order valence-electron chi connectivity index (χ4n) is 3.70. The largest absolute Gasteiger partial charge is 0.362 e. The first-order valence-electron chi connectivity index (χ1n) is 9.34. The zero-order valence-electron chi connectivity index (χ0n) is 16.6. The molecule has 0 fully saturated rings. The zero-order chi connectivity index (χ0) is 19.8. The predicted molar refractivity (Wildman–Crippen MR) is 123 cm³/mol. The van der Waals surface area contributed by atoms with Crippen LogP contribution in [0, 0.1) is 16.3 Å². The molecule has 0 bridgehead atoms. The molecule has 0 unspecified atom stereocenters. The number of allylic oxidation sites excluding steroid dienone is 1. The summed E-state index contributed by atoms with van der Waals surface area (Å²) in [6.45, 7) is 11.6. The first-order chi connectivity index (χ1) is 12.7. The van der Waals surface area contributed by atoms with Gasteiger partial charge in [-0.25, -0.2) is 4.39 Å². The molecule has 0 saturated carbocycles. The van der Waals surface area contributed by atoms with Crippen LogP contribution in [0.5, 0.6) is 0 Å². The lowest BCUT2D eigenvalue weighted by Gasteiger charge is -2.43. The SMILES string of the molecule is CCCN1c2cc(F)c(C=Nc3ccc(I)c(C)c3)cc2C(C)=CC1(C)C. The van der Waals surface area contributed by atoms with E-state index in [1.54, 1.807) is 12.3 Å². The average Bonchev–Trinajstić information content (AvgIpc) is 2.59. The highest BCUT2D eigenvalue weighted by atomic mass is 127. The van der Waals surface area contributed by atoms with Gasteiger partial charge < -0.3 is 4.90 Å². The van der Waals surface area contributed by atoms with Crippen molar-refractivity contribution in [2.75, 3.05) is 11.4 Å². The van der Waals surface area contributed by atoms with Crippen LogP contribution in [0.25, 0.3) is 5.57 Å². The van der Waals surface area contributed by atoms with Crippen LogP contribution in [0.3, 0.4) is 0 Å². The molecular formula is C23H26FIN2. The second-order valence-electron chi connectivity index (χ2n) is 7.72. The third kappa shape index (κ3) is 4.10. The maximum atomic E-state index is 14.9. The van der Waals surface area contributed by atoms with Crippen molar-refractivity contribution in [2.45, 2.75) is 46.6 Å². The van der Waals surface area contributed by atoms with E-state index in [1.165, 1.54) is 14.7 Å². The van der Waals surface area contributed by atoms with Crippen molar-refractivity contribution in [1.29, 1.82) is 0 Å². The van der Waals surface area contributed by atoms with Crippen molar-refractivity contribution in [2.24, 2.45) is 4.99 Å². The number of aryl methyl sites for hydroxylation is 1. The standard InChI is InChI=1S/C23H26FIN2/c1-6-9-27-22-12-20(24)17(11-19(22)16(3)13-23(27,4)5)14-26-18-7-8-21(25)15(2)10-18/h7-8,10-14H,6,9H2,1-5H3. The third-order valence-electron chi connectivity index (χ3n) is 5.04. The number of aliphatic imine (C=N–C) groups is 1. The summed E-state index contributed by atoms with van der Waals surface area (Å²) in [4.78, 5) is 6.79. The predicted octanol–water partition coefficient (Wildman–Crippen LogP) is 6.90. The Morgan fingerprint density at radius 3 is 2.59 bits per heavy atom. The molecular weight excluding hydrogens is 450 g/mol. The lowest BCUT2D eigenvalue weighted by atomic mass is 9.87. The Hall–Kier alpha value is -1.69.